The predicted molar refractivity (Wildman–Crippen MR) is 110 cm³/mol. The number of rotatable bonds is 5. The number of anilines is 1. The monoisotopic (exact) mass is 482 g/mol. The molecule has 5 nitrogen and oxygen atoms in total. The van der Waals surface area contributed by atoms with Crippen molar-refractivity contribution < 1.29 is 9.18 Å². The third kappa shape index (κ3) is 4.24. The number of hydrogen-bond donors (Lipinski definition) is 1. The van der Waals surface area contributed by atoms with E-state index in [-0.39, 0.29) is 17.5 Å². The highest BCUT2D eigenvalue weighted by Crippen LogP contribution is 2.25. The molecule has 0 radical (unpaired) electrons. The van der Waals surface area contributed by atoms with Gasteiger partial charge in [-0.25, -0.2) is 4.39 Å². The van der Waals surface area contributed by atoms with Crippen molar-refractivity contribution in [3.63, 3.8) is 0 Å². The van der Waals surface area contributed by atoms with Gasteiger partial charge in [0.25, 0.3) is 0 Å². The number of carbonyl (C=O) groups excluding carboxylic acids is 1. The number of hydrogen-bond acceptors (Lipinski definition) is 4. The van der Waals surface area contributed by atoms with E-state index >= 15 is 0 Å². The summed E-state index contributed by atoms with van der Waals surface area (Å²) in [5.74, 6) is 0.134. The molecule has 1 heterocycles. The zero-order valence-corrected chi connectivity index (χ0v) is 17.1. The minimum Gasteiger partial charge on any atom is -0.325 e. The Labute approximate surface area is 168 Å². The van der Waals surface area contributed by atoms with E-state index < -0.39 is 0 Å². The second-order valence-corrected chi connectivity index (χ2v) is 7.83. The quantitative estimate of drug-likeness (QED) is 0.436. The molecule has 0 fully saturated rings. The Kier molecular flexibility index (Phi) is 5.92. The molecule has 0 bridgehead atoms. The first-order chi connectivity index (χ1) is 12.5. The number of aryl methyl sites for hydroxylation is 1. The standard InChI is InChI=1S/C18H16FIN4OS/c1-11-9-12(20)7-8-15(11)21-16(25)10-26-18-23-22-17(24(18)2)13-5-3-4-6-14(13)19/h3-9H,10H2,1-2H3,(H,21,25). The van der Waals surface area contributed by atoms with Gasteiger partial charge >= 0.3 is 0 Å². The van der Waals surface area contributed by atoms with E-state index in [1.807, 2.05) is 25.1 Å². The lowest BCUT2D eigenvalue weighted by Gasteiger charge is -2.08. The molecule has 1 N–H and O–H groups in total. The number of nitrogens with one attached hydrogen (secondary N) is 1. The SMILES string of the molecule is Cc1cc(I)ccc1NC(=O)CSc1nnc(-c2ccccc2F)n1C. The number of carbonyl (C=O) groups is 1. The van der Waals surface area contributed by atoms with Gasteiger partial charge in [0, 0.05) is 16.3 Å². The number of halogens is 2. The summed E-state index contributed by atoms with van der Waals surface area (Å²) in [6.07, 6.45) is 0. The minimum absolute atomic E-state index is 0.130. The Morgan fingerprint density at radius 2 is 2.04 bits per heavy atom. The Morgan fingerprint density at radius 3 is 2.77 bits per heavy atom. The fourth-order valence-corrected chi connectivity index (χ4v) is 3.76. The largest absolute Gasteiger partial charge is 0.325 e. The molecular weight excluding hydrogens is 466 g/mol. The van der Waals surface area contributed by atoms with Crippen molar-refractivity contribution in [3.8, 4) is 11.4 Å². The van der Waals surface area contributed by atoms with Crippen LogP contribution in [0, 0.1) is 16.3 Å². The highest BCUT2D eigenvalue weighted by atomic mass is 127. The Bertz CT molecular complexity index is 960. The van der Waals surface area contributed by atoms with Crippen LogP contribution >= 0.6 is 34.4 Å². The van der Waals surface area contributed by atoms with Crippen LogP contribution in [0.3, 0.4) is 0 Å². The third-order valence-electron chi connectivity index (χ3n) is 3.74. The van der Waals surface area contributed by atoms with Crippen molar-refractivity contribution in [2.24, 2.45) is 7.05 Å². The van der Waals surface area contributed by atoms with Crippen LogP contribution in [0.1, 0.15) is 5.56 Å². The molecule has 1 amide bonds. The van der Waals surface area contributed by atoms with Gasteiger partial charge in [0.15, 0.2) is 11.0 Å². The van der Waals surface area contributed by atoms with E-state index in [0.29, 0.717) is 16.5 Å². The average molecular weight is 482 g/mol. The van der Waals surface area contributed by atoms with Crippen molar-refractivity contribution in [3.05, 3.63) is 57.4 Å². The van der Waals surface area contributed by atoms with Gasteiger partial charge in [0.2, 0.25) is 5.91 Å². The summed E-state index contributed by atoms with van der Waals surface area (Å²) in [4.78, 5) is 12.2. The molecule has 0 spiro atoms. The number of thioether (sulfide) groups is 1. The molecule has 0 saturated heterocycles. The Morgan fingerprint density at radius 1 is 1.27 bits per heavy atom. The molecule has 0 saturated carbocycles. The van der Waals surface area contributed by atoms with E-state index in [4.69, 9.17) is 0 Å². The maximum atomic E-state index is 13.9. The van der Waals surface area contributed by atoms with Crippen LogP contribution in [0.5, 0.6) is 0 Å². The van der Waals surface area contributed by atoms with Gasteiger partial charge in [-0.15, -0.1) is 10.2 Å². The first-order valence-electron chi connectivity index (χ1n) is 7.79. The highest BCUT2D eigenvalue weighted by molar-refractivity contribution is 14.1. The molecule has 0 aliphatic rings. The number of aromatic nitrogens is 3. The van der Waals surface area contributed by atoms with E-state index in [9.17, 15) is 9.18 Å². The van der Waals surface area contributed by atoms with Gasteiger partial charge in [-0.2, -0.15) is 0 Å². The maximum absolute atomic E-state index is 13.9. The van der Waals surface area contributed by atoms with Gasteiger partial charge in [-0.1, -0.05) is 23.9 Å². The molecule has 3 rings (SSSR count). The molecule has 134 valence electrons. The molecule has 8 heteroatoms. The first-order valence-corrected chi connectivity index (χ1v) is 9.85. The second-order valence-electron chi connectivity index (χ2n) is 5.64. The zero-order chi connectivity index (χ0) is 18.7. The van der Waals surface area contributed by atoms with Crippen LogP contribution < -0.4 is 5.32 Å². The Balaban J connectivity index is 1.67. The van der Waals surface area contributed by atoms with Gasteiger partial charge < -0.3 is 9.88 Å². The summed E-state index contributed by atoms with van der Waals surface area (Å²) in [6, 6.07) is 12.2. The number of amides is 1. The molecular formula is C18H16FIN4OS. The van der Waals surface area contributed by atoms with Crippen molar-refractivity contribution in [1.82, 2.24) is 14.8 Å². The lowest BCUT2D eigenvalue weighted by molar-refractivity contribution is -0.113. The number of nitrogens with zero attached hydrogens (tertiary/aromatic N) is 3. The lowest BCUT2D eigenvalue weighted by Crippen LogP contribution is -2.15. The normalized spacial score (nSPS) is 10.8. The van der Waals surface area contributed by atoms with Crippen LogP contribution in [0.2, 0.25) is 0 Å². The van der Waals surface area contributed by atoms with Gasteiger partial charge in [0.1, 0.15) is 5.82 Å². The fourth-order valence-electron chi connectivity index (χ4n) is 2.40. The van der Waals surface area contributed by atoms with Crippen molar-refractivity contribution in [2.45, 2.75) is 12.1 Å². The van der Waals surface area contributed by atoms with E-state index in [1.54, 1.807) is 29.8 Å². The van der Waals surface area contributed by atoms with Gasteiger partial charge in [-0.3, -0.25) is 4.79 Å². The van der Waals surface area contributed by atoms with Crippen molar-refractivity contribution in [2.75, 3.05) is 11.1 Å². The molecule has 0 aliphatic carbocycles. The number of benzene rings is 2. The van der Waals surface area contributed by atoms with Crippen LogP contribution in [-0.4, -0.2) is 26.4 Å². The van der Waals surface area contributed by atoms with Crippen LogP contribution in [0.25, 0.3) is 11.4 Å². The molecule has 0 aliphatic heterocycles. The van der Waals surface area contributed by atoms with Crippen LogP contribution in [0.15, 0.2) is 47.6 Å². The lowest BCUT2D eigenvalue weighted by atomic mass is 10.2. The molecule has 0 unspecified atom stereocenters. The molecule has 0 atom stereocenters. The molecule has 1 aromatic heterocycles. The van der Waals surface area contributed by atoms with Crippen molar-refractivity contribution in [1.29, 1.82) is 0 Å². The zero-order valence-electron chi connectivity index (χ0n) is 14.2. The summed E-state index contributed by atoms with van der Waals surface area (Å²) >= 11 is 3.49. The van der Waals surface area contributed by atoms with E-state index in [1.165, 1.54) is 17.8 Å². The fraction of sp³-hybridized carbons (Fsp3) is 0.167. The van der Waals surface area contributed by atoms with Crippen LogP contribution in [-0.2, 0) is 11.8 Å². The van der Waals surface area contributed by atoms with E-state index in [2.05, 4.69) is 38.1 Å². The maximum Gasteiger partial charge on any atom is 0.234 e. The molecule has 3 aromatic rings. The smallest absolute Gasteiger partial charge is 0.234 e. The minimum atomic E-state index is -0.355. The van der Waals surface area contributed by atoms with E-state index in [0.717, 1.165) is 14.8 Å². The van der Waals surface area contributed by atoms with Gasteiger partial charge in [-0.05, 0) is 65.4 Å². The summed E-state index contributed by atoms with van der Waals surface area (Å²) in [6.45, 7) is 1.95. The third-order valence-corrected chi connectivity index (χ3v) is 5.44. The second kappa shape index (κ2) is 8.17. The average Bonchev–Trinajstić information content (AvgIpc) is 2.97. The highest BCUT2D eigenvalue weighted by Gasteiger charge is 2.15. The molecule has 26 heavy (non-hydrogen) atoms. The summed E-state index contributed by atoms with van der Waals surface area (Å²) in [5, 5.41) is 11.6. The van der Waals surface area contributed by atoms with Crippen molar-refractivity contribution >= 4 is 45.9 Å². The first kappa shape index (κ1) is 18.8. The predicted octanol–water partition coefficient (Wildman–Crippen LogP) is 4.27. The molecule has 2 aromatic carbocycles. The van der Waals surface area contributed by atoms with Crippen LogP contribution in [0.4, 0.5) is 10.1 Å². The Hall–Kier alpha value is -1.94. The summed E-state index contributed by atoms with van der Waals surface area (Å²) in [7, 11) is 1.76. The summed E-state index contributed by atoms with van der Waals surface area (Å²) < 4.78 is 16.7. The summed E-state index contributed by atoms with van der Waals surface area (Å²) in [5.41, 5.74) is 2.19. The topological polar surface area (TPSA) is 59.8 Å². The van der Waals surface area contributed by atoms with Gasteiger partial charge in [0.05, 0.1) is 11.3 Å².